The van der Waals surface area contributed by atoms with E-state index in [9.17, 15) is 47.9 Å². The van der Waals surface area contributed by atoms with Crippen LogP contribution in [0.3, 0.4) is 0 Å². The maximum absolute atomic E-state index is 13.8. The Morgan fingerprint density at radius 1 is 0.430 bits per heavy atom. The number of carbonyl (C=O) groups is 10. The van der Waals surface area contributed by atoms with Crippen molar-refractivity contribution in [3.63, 3.8) is 0 Å². The van der Waals surface area contributed by atoms with Gasteiger partial charge < -0.3 is 61.8 Å². The van der Waals surface area contributed by atoms with Gasteiger partial charge in [-0.25, -0.2) is 9.59 Å². The molecule has 2 heterocycles. The molecule has 2 aliphatic rings. The number of anilines is 2. The van der Waals surface area contributed by atoms with Crippen LogP contribution in [0.25, 0.3) is 11.4 Å². The molecule has 454 valence electrons. The molecule has 0 fully saturated rings. The molecule has 0 atom stereocenters. The minimum absolute atomic E-state index is 0.0511. The largest absolute Gasteiger partial charge is 0.462 e. The first kappa shape index (κ1) is 65.6. The molecule has 8 amide bonds. The van der Waals surface area contributed by atoms with Crippen LogP contribution in [0, 0.1) is 0 Å². The van der Waals surface area contributed by atoms with Crippen molar-refractivity contribution in [2.24, 2.45) is 0 Å². The van der Waals surface area contributed by atoms with Gasteiger partial charge in [0.05, 0.1) is 35.8 Å². The zero-order valence-corrected chi connectivity index (χ0v) is 49.2. The van der Waals surface area contributed by atoms with Gasteiger partial charge in [0.2, 0.25) is 0 Å². The van der Waals surface area contributed by atoms with Gasteiger partial charge in [-0.3, -0.25) is 38.4 Å². The third kappa shape index (κ3) is 18.7. The quantitative estimate of drug-likeness (QED) is 0.0152. The molecule has 0 unspecified atom stereocenters. The molecule has 22 nitrogen and oxygen atoms in total. The highest BCUT2D eigenvalue weighted by Gasteiger charge is 2.41. The van der Waals surface area contributed by atoms with Crippen molar-refractivity contribution < 1.29 is 57.4 Å². The summed E-state index contributed by atoms with van der Waals surface area (Å²) in [4.78, 5) is 136. The van der Waals surface area contributed by atoms with Crippen LogP contribution in [-0.2, 0) is 28.7 Å². The van der Waals surface area contributed by atoms with Gasteiger partial charge in [0.1, 0.15) is 0 Å². The monoisotopic (exact) mass is 1180 g/mol. The molecule has 8 N–H and O–H groups in total. The molecule has 0 aromatic heterocycles. The number of amides is 8. The topological polar surface area (TPSA) is 292 Å². The van der Waals surface area contributed by atoms with Crippen LogP contribution < -0.4 is 42.5 Å². The lowest BCUT2D eigenvalue weighted by molar-refractivity contribution is -0.138. The maximum Gasteiger partial charge on any atom is 0.330 e. The number of nitrogens with one attached hydrogen (secondary N) is 8. The van der Waals surface area contributed by atoms with E-state index < -0.39 is 59.2 Å². The van der Waals surface area contributed by atoms with E-state index in [1.165, 1.54) is 60.7 Å². The first-order valence-electron chi connectivity index (χ1n) is 28.9. The van der Waals surface area contributed by atoms with E-state index in [4.69, 9.17) is 9.47 Å². The van der Waals surface area contributed by atoms with E-state index in [2.05, 4.69) is 93.2 Å². The summed E-state index contributed by atoms with van der Waals surface area (Å²) in [6, 6.07) is 20.9. The number of esters is 2. The highest BCUT2D eigenvalue weighted by atomic mass is 16.5. The summed E-state index contributed by atoms with van der Waals surface area (Å²) >= 11 is 0. The normalized spacial score (nSPS) is 12.4. The Morgan fingerprint density at radius 3 is 1.05 bits per heavy atom. The van der Waals surface area contributed by atoms with Crippen LogP contribution in [0.15, 0.2) is 121 Å². The Kier molecular flexibility index (Phi) is 25.2. The van der Waals surface area contributed by atoms with Crippen LogP contribution in [0.1, 0.15) is 139 Å². The lowest BCUT2D eigenvalue weighted by Crippen LogP contribution is -2.28. The van der Waals surface area contributed by atoms with E-state index in [-0.39, 0.29) is 93.6 Å². The molecular weight excluding hydrogens is 1100 g/mol. The van der Waals surface area contributed by atoms with Gasteiger partial charge in [0.15, 0.2) is 0 Å². The molecule has 22 heteroatoms. The Bertz CT molecular complexity index is 3040. The molecule has 0 saturated carbocycles. The van der Waals surface area contributed by atoms with Gasteiger partial charge in [-0.2, -0.15) is 0 Å². The summed E-state index contributed by atoms with van der Waals surface area (Å²) in [6.07, 6.45) is 5.93. The zero-order valence-electron chi connectivity index (χ0n) is 49.2. The fraction of sp³-hybridized carbons (Fsp3) is 0.344. The molecule has 0 radical (unpaired) electrons. The van der Waals surface area contributed by atoms with Crippen LogP contribution in [0.2, 0.25) is 0 Å². The number of nitrogens with zero attached hydrogens (tertiary/aromatic N) is 2. The molecule has 2 aliphatic heterocycles. The van der Waals surface area contributed by atoms with Crippen LogP contribution in [0.4, 0.5) is 11.4 Å². The second-order valence-electron chi connectivity index (χ2n) is 20.0. The van der Waals surface area contributed by atoms with Gasteiger partial charge in [-0.15, -0.1) is 0 Å². The van der Waals surface area contributed by atoms with E-state index >= 15 is 0 Å². The molecule has 86 heavy (non-hydrogen) atoms. The van der Waals surface area contributed by atoms with Crippen molar-refractivity contribution >= 4 is 82.0 Å². The van der Waals surface area contributed by atoms with Gasteiger partial charge >= 0.3 is 11.9 Å². The van der Waals surface area contributed by atoms with Crippen LogP contribution in [0.5, 0.6) is 0 Å². The molecule has 0 spiro atoms. The van der Waals surface area contributed by atoms with Gasteiger partial charge in [0.25, 0.3) is 47.3 Å². The summed E-state index contributed by atoms with van der Waals surface area (Å²) in [5.74, 6) is -5.39. The first-order chi connectivity index (χ1) is 41.5. The number of ether oxygens (including phenoxy) is 2. The molecule has 0 bridgehead atoms. The molecule has 6 rings (SSSR count). The smallest absolute Gasteiger partial charge is 0.330 e. The average Bonchev–Trinajstić information content (AvgIpc) is 1.64. The third-order valence-electron chi connectivity index (χ3n) is 14.2. The van der Waals surface area contributed by atoms with Crippen LogP contribution >= 0.6 is 0 Å². The van der Waals surface area contributed by atoms with Gasteiger partial charge in [0, 0.05) is 83.1 Å². The summed E-state index contributed by atoms with van der Waals surface area (Å²) in [7, 11) is 0. The standard InChI is InChI=1S/C64H76N10O12/c1-7-51(75)85-33-17-29-67-59(79)47-35-45(57(77)65-27-13-15-31-73(9-3)10-4)37-49(39-47)69-61(81)43-23-19-41(20-24-43)55-53-54(64(84)71-55)56(72-63(53)83)42-21-25-44(26-22-42)62(82)70-50-38-46(58(78)66-28-14-16-32-74(11-5)12-6)36-48(40-50)60(80)68-30-18-34-86-52(76)8-2/h7-8,19-26,35-40H,1-2,9-18,27-34H2,3-6H3,(H,65,77)(H,66,78)(H,67,79)(H,68,80)(H,69,81)(H,70,82)(H,71,84)(H,72,83). The first-order valence-corrected chi connectivity index (χ1v) is 28.9. The Balaban J connectivity index is 1.15. The SMILES string of the molecule is C=CC(=O)OCCCNC(=O)c1cc(NC(=O)c2ccc(C3=C4C(=O)NC(c5ccc(C(=O)Nc6cc(C(=O)NCCCCN(CC)CC)cc(C(=O)NCCCOC(=O)C=C)c6)cc5)=C4C(=O)N3)cc2)cc(C(=O)NCCCCN(CC)CC)c1. The third-order valence-corrected chi connectivity index (χ3v) is 14.2. The lowest BCUT2D eigenvalue weighted by Gasteiger charge is -2.17. The number of unbranched alkanes of at least 4 members (excludes halogenated alkanes) is 2. The minimum Gasteiger partial charge on any atom is -0.462 e. The number of rotatable bonds is 34. The minimum atomic E-state index is -0.588. The van der Waals surface area contributed by atoms with E-state index in [0.717, 1.165) is 77.1 Å². The highest BCUT2D eigenvalue weighted by Crippen LogP contribution is 2.37. The van der Waals surface area contributed by atoms with Crippen molar-refractivity contribution in [3.8, 4) is 0 Å². The summed E-state index contributed by atoms with van der Waals surface area (Å²) in [5, 5.41) is 22.4. The van der Waals surface area contributed by atoms with E-state index in [1.54, 1.807) is 24.3 Å². The number of hydrogen-bond acceptors (Lipinski definition) is 14. The Labute approximate surface area is 500 Å². The number of hydrogen-bond donors (Lipinski definition) is 8. The average molecular weight is 1180 g/mol. The highest BCUT2D eigenvalue weighted by molar-refractivity contribution is 6.30. The lowest BCUT2D eigenvalue weighted by atomic mass is 10.0. The fourth-order valence-corrected chi connectivity index (χ4v) is 9.35. The van der Waals surface area contributed by atoms with E-state index in [1.807, 2.05) is 0 Å². The number of fused-ring (bicyclic) bond motifs is 1. The summed E-state index contributed by atoms with van der Waals surface area (Å²) in [5.41, 5.74) is 2.56. The molecule has 4 aromatic rings. The van der Waals surface area contributed by atoms with Crippen molar-refractivity contribution in [3.05, 3.63) is 166 Å². The predicted molar refractivity (Wildman–Crippen MR) is 327 cm³/mol. The summed E-state index contributed by atoms with van der Waals surface area (Å²) < 4.78 is 9.96. The second-order valence-corrected chi connectivity index (χ2v) is 20.0. The zero-order chi connectivity index (χ0) is 62.1. The predicted octanol–water partition coefficient (Wildman–Crippen LogP) is 5.98. The molecule has 0 saturated heterocycles. The molecular formula is C64H76N10O12. The van der Waals surface area contributed by atoms with Gasteiger partial charge in [-0.1, -0.05) is 65.1 Å². The maximum atomic E-state index is 13.8. The van der Waals surface area contributed by atoms with Crippen LogP contribution in [-0.4, -0.2) is 148 Å². The van der Waals surface area contributed by atoms with Crippen molar-refractivity contribution in [1.29, 1.82) is 0 Å². The second kappa shape index (κ2) is 33.1. The van der Waals surface area contributed by atoms with Crippen molar-refractivity contribution in [2.45, 2.75) is 66.2 Å². The fourth-order valence-electron chi connectivity index (χ4n) is 9.35. The Hall–Kier alpha value is -9.54. The number of carbonyl (C=O) groups excluding carboxylic acids is 10. The van der Waals surface area contributed by atoms with Crippen molar-refractivity contribution in [2.75, 3.05) is 89.3 Å². The summed E-state index contributed by atoms with van der Waals surface area (Å²) in [6.45, 7) is 21.8. The van der Waals surface area contributed by atoms with Crippen molar-refractivity contribution in [1.82, 2.24) is 41.7 Å². The van der Waals surface area contributed by atoms with E-state index in [0.29, 0.717) is 37.1 Å². The molecule has 0 aliphatic carbocycles. The van der Waals surface area contributed by atoms with Gasteiger partial charge in [-0.05, 0) is 150 Å². The Morgan fingerprint density at radius 2 is 0.744 bits per heavy atom. The number of benzene rings is 4. The molecule has 4 aromatic carbocycles.